The molecule has 2 aromatic heterocycles. The highest BCUT2D eigenvalue weighted by molar-refractivity contribution is 7.23. The molecule has 10 nitrogen and oxygen atoms in total. The molecule has 0 aliphatic carbocycles. The van der Waals surface area contributed by atoms with E-state index in [2.05, 4.69) is 26.3 Å². The van der Waals surface area contributed by atoms with Gasteiger partial charge in [0.1, 0.15) is 30.2 Å². The molecule has 0 saturated carbocycles. The number of rotatable bonds is 9. The van der Waals surface area contributed by atoms with Crippen LogP contribution in [0.3, 0.4) is 0 Å². The lowest BCUT2D eigenvalue weighted by atomic mass is 9.95. The number of nitrogen functional groups attached to an aromatic ring is 1. The number of hydrogen-bond donors (Lipinski definition) is 1. The van der Waals surface area contributed by atoms with Gasteiger partial charge in [0, 0.05) is 44.0 Å². The number of aromatic nitrogens is 2. The number of carbonyl (C=O) groups excluding carboxylic acids is 1. The minimum absolute atomic E-state index is 0.0425. The van der Waals surface area contributed by atoms with Crippen LogP contribution in [-0.4, -0.2) is 89.5 Å². The first kappa shape index (κ1) is 32.1. The number of halogens is 3. The van der Waals surface area contributed by atoms with Crippen molar-refractivity contribution in [3.8, 4) is 23.0 Å². The quantitative estimate of drug-likeness (QED) is 0.168. The normalized spacial score (nSPS) is 23.9. The number of methoxy groups -OCH3 is 1. The molecule has 4 atom stereocenters. The molecule has 0 spiro atoms. The summed E-state index contributed by atoms with van der Waals surface area (Å²) in [5.41, 5.74) is 5.83. The first-order valence-corrected chi connectivity index (χ1v) is 16.5. The summed E-state index contributed by atoms with van der Waals surface area (Å²) >= 11 is 0.930. The second kappa shape index (κ2) is 12.5. The summed E-state index contributed by atoms with van der Waals surface area (Å²) in [5, 5.41) is 0.595. The fraction of sp³-hybridized carbons (Fsp3) is 0.412. The maximum atomic E-state index is 16.8. The van der Waals surface area contributed by atoms with Crippen LogP contribution in [0.1, 0.15) is 25.7 Å². The van der Waals surface area contributed by atoms with Crippen LogP contribution in [-0.2, 0) is 9.53 Å². The molecule has 3 fully saturated rings. The molecule has 1 amide bonds. The van der Waals surface area contributed by atoms with Crippen LogP contribution < -0.4 is 15.2 Å². The summed E-state index contributed by atoms with van der Waals surface area (Å²) < 4.78 is 64.2. The molecular formula is C34H33F3N6O4S. The zero-order chi connectivity index (χ0) is 33.7. The van der Waals surface area contributed by atoms with E-state index in [0.29, 0.717) is 25.9 Å². The number of ether oxygens (including phenoxy) is 3. The van der Waals surface area contributed by atoms with E-state index in [1.807, 2.05) is 0 Å². The standard InChI is InChI=1S/C34H33F3N6O4S/c1-4-25(44)43-13-10-24(23(43)16-45-3)47-32-21-7-6-20(19-8-9-22(36)30-26(19)29(39-2)31(38)48-30)27(37)28(21)40-33(41-32)46-17-34-11-5-12-42(34)15-18(35)14-34/h4,6-9,18,23-24H,1,5,10-17,38H2,3H3. The Hall–Kier alpha value is -4.45. The first-order valence-electron chi connectivity index (χ1n) is 15.7. The number of anilines is 1. The fourth-order valence-electron chi connectivity index (χ4n) is 7.50. The molecule has 48 heavy (non-hydrogen) atoms. The van der Waals surface area contributed by atoms with E-state index in [1.54, 1.807) is 11.0 Å². The van der Waals surface area contributed by atoms with Crippen molar-refractivity contribution in [1.82, 2.24) is 19.8 Å². The van der Waals surface area contributed by atoms with Gasteiger partial charge in [-0.1, -0.05) is 18.7 Å². The van der Waals surface area contributed by atoms with Gasteiger partial charge >= 0.3 is 6.01 Å². The predicted octanol–water partition coefficient (Wildman–Crippen LogP) is 6.06. The zero-order valence-electron chi connectivity index (χ0n) is 26.2. The van der Waals surface area contributed by atoms with E-state index < -0.39 is 35.5 Å². The summed E-state index contributed by atoms with van der Waals surface area (Å²) in [7, 11) is 1.53. The van der Waals surface area contributed by atoms with Gasteiger partial charge in [-0.05, 0) is 43.2 Å². The Bertz CT molecular complexity index is 1980. The van der Waals surface area contributed by atoms with Crippen LogP contribution in [0.15, 0.2) is 36.9 Å². The van der Waals surface area contributed by atoms with Crippen molar-refractivity contribution in [1.29, 1.82) is 0 Å². The lowest BCUT2D eigenvalue weighted by molar-refractivity contribution is -0.128. The number of nitrogens with zero attached hydrogens (tertiary/aromatic N) is 5. The number of amides is 1. The molecule has 0 radical (unpaired) electrons. The number of thiophene rings is 1. The number of nitrogens with two attached hydrogens (primary N) is 1. The average molecular weight is 679 g/mol. The van der Waals surface area contributed by atoms with Crippen LogP contribution in [0, 0.1) is 18.2 Å². The number of alkyl halides is 1. The molecule has 3 aliphatic heterocycles. The Morgan fingerprint density at radius 1 is 1.25 bits per heavy atom. The molecule has 250 valence electrons. The Kier molecular flexibility index (Phi) is 8.39. The minimum Gasteiger partial charge on any atom is -0.471 e. The zero-order valence-corrected chi connectivity index (χ0v) is 27.0. The maximum Gasteiger partial charge on any atom is 0.320 e. The van der Waals surface area contributed by atoms with Crippen molar-refractivity contribution in [2.45, 2.75) is 49.5 Å². The Morgan fingerprint density at radius 3 is 2.83 bits per heavy atom. The molecule has 3 saturated heterocycles. The highest BCUT2D eigenvalue weighted by atomic mass is 32.1. The third kappa shape index (κ3) is 5.30. The Morgan fingerprint density at radius 2 is 2.06 bits per heavy atom. The van der Waals surface area contributed by atoms with E-state index in [-0.39, 0.29) is 73.8 Å². The molecular weight excluding hydrogens is 645 g/mol. The summed E-state index contributed by atoms with van der Waals surface area (Å²) in [6.45, 7) is 13.0. The summed E-state index contributed by atoms with van der Waals surface area (Å²) in [6, 6.07) is 5.12. The topological polar surface area (TPSA) is 107 Å². The van der Waals surface area contributed by atoms with E-state index >= 15 is 4.39 Å². The van der Waals surface area contributed by atoms with Gasteiger partial charge in [0.05, 0.1) is 39.8 Å². The molecule has 14 heteroatoms. The number of likely N-dealkylation sites (tertiary alicyclic amines) is 1. The molecule has 7 rings (SSSR count). The van der Waals surface area contributed by atoms with E-state index in [1.165, 1.54) is 31.4 Å². The van der Waals surface area contributed by atoms with Gasteiger partial charge < -0.3 is 24.8 Å². The minimum atomic E-state index is -0.967. The lowest BCUT2D eigenvalue weighted by Gasteiger charge is -2.31. The van der Waals surface area contributed by atoms with E-state index in [9.17, 15) is 13.6 Å². The predicted molar refractivity (Wildman–Crippen MR) is 176 cm³/mol. The van der Waals surface area contributed by atoms with Crippen molar-refractivity contribution in [2.75, 3.05) is 45.7 Å². The molecule has 4 aromatic rings. The molecule has 2 aromatic carbocycles. The molecule has 2 N–H and O–H groups in total. The monoisotopic (exact) mass is 678 g/mol. The second-order valence-electron chi connectivity index (χ2n) is 12.4. The van der Waals surface area contributed by atoms with Crippen LogP contribution in [0.25, 0.3) is 37.0 Å². The Balaban J connectivity index is 1.33. The third-order valence-corrected chi connectivity index (χ3v) is 10.7. The SMILES string of the molecule is [C-]#[N+]c1c(N)sc2c(F)ccc(-c3ccc4c(OC5CCN(C(=O)C=C)C5COC)nc(OCC56CCCN5CC(F)C6)nc4c3F)c12. The van der Waals surface area contributed by atoms with Gasteiger partial charge in [0.2, 0.25) is 17.5 Å². The van der Waals surface area contributed by atoms with Crippen molar-refractivity contribution in [2.24, 2.45) is 0 Å². The van der Waals surface area contributed by atoms with Crippen LogP contribution >= 0.6 is 11.3 Å². The number of hydrogen-bond acceptors (Lipinski definition) is 9. The van der Waals surface area contributed by atoms with Gasteiger partial charge in [-0.3, -0.25) is 9.69 Å². The maximum absolute atomic E-state index is 16.8. The Labute approximate surface area is 278 Å². The van der Waals surface area contributed by atoms with Crippen molar-refractivity contribution in [3.63, 3.8) is 0 Å². The lowest BCUT2D eigenvalue weighted by Crippen LogP contribution is -2.44. The molecule has 0 bridgehead atoms. The molecule has 5 heterocycles. The second-order valence-corrected chi connectivity index (χ2v) is 13.5. The number of carbonyl (C=O) groups is 1. The number of benzene rings is 2. The van der Waals surface area contributed by atoms with Crippen LogP contribution in [0.2, 0.25) is 0 Å². The largest absolute Gasteiger partial charge is 0.471 e. The van der Waals surface area contributed by atoms with Crippen molar-refractivity contribution in [3.05, 3.63) is 60.0 Å². The smallest absolute Gasteiger partial charge is 0.320 e. The molecule has 3 aliphatic rings. The summed E-state index contributed by atoms with van der Waals surface area (Å²) in [5.74, 6) is -1.55. The van der Waals surface area contributed by atoms with E-state index in [0.717, 1.165) is 30.7 Å². The third-order valence-electron chi connectivity index (χ3n) is 9.72. The van der Waals surface area contributed by atoms with Crippen LogP contribution in [0.5, 0.6) is 11.9 Å². The van der Waals surface area contributed by atoms with E-state index in [4.69, 9.17) is 26.5 Å². The highest BCUT2D eigenvalue weighted by Gasteiger charge is 2.49. The van der Waals surface area contributed by atoms with Gasteiger partial charge in [-0.25, -0.2) is 18.0 Å². The van der Waals surface area contributed by atoms with Gasteiger partial charge in [-0.15, -0.1) is 11.3 Å². The fourth-order valence-corrected chi connectivity index (χ4v) is 8.44. The van der Waals surface area contributed by atoms with Gasteiger partial charge in [-0.2, -0.15) is 9.97 Å². The summed E-state index contributed by atoms with van der Waals surface area (Å²) in [6.07, 6.45) is 2.16. The molecule has 4 unspecified atom stereocenters. The van der Waals surface area contributed by atoms with Crippen molar-refractivity contribution < 1.29 is 32.2 Å². The van der Waals surface area contributed by atoms with Gasteiger partial charge in [0.15, 0.2) is 5.82 Å². The van der Waals surface area contributed by atoms with Crippen LogP contribution in [0.4, 0.5) is 23.9 Å². The highest BCUT2D eigenvalue weighted by Crippen LogP contribution is 2.47. The summed E-state index contributed by atoms with van der Waals surface area (Å²) in [4.78, 5) is 28.9. The first-order chi connectivity index (χ1) is 23.2. The van der Waals surface area contributed by atoms with Crippen molar-refractivity contribution >= 4 is 48.9 Å². The average Bonchev–Trinajstić information content (AvgIpc) is 3.82. The number of fused-ring (bicyclic) bond motifs is 3. The van der Waals surface area contributed by atoms with Gasteiger partial charge in [0.25, 0.3) is 0 Å².